The van der Waals surface area contributed by atoms with Crippen molar-refractivity contribution in [2.75, 3.05) is 31.4 Å². The van der Waals surface area contributed by atoms with Gasteiger partial charge in [-0.1, -0.05) is 23.7 Å². The molecule has 3 amide bonds. The number of carbonyl (C=O) groups is 2. The van der Waals surface area contributed by atoms with Crippen LogP contribution in [0, 0.1) is 0 Å². The van der Waals surface area contributed by atoms with Gasteiger partial charge in [-0.2, -0.15) is 0 Å². The average molecular weight is 404 g/mol. The van der Waals surface area contributed by atoms with Gasteiger partial charge in [-0.15, -0.1) is 0 Å². The normalized spacial score (nSPS) is 15.8. The molecule has 2 aromatic carbocycles. The van der Waals surface area contributed by atoms with Crippen LogP contribution in [-0.2, 0) is 4.79 Å². The quantitative estimate of drug-likeness (QED) is 0.791. The second-order valence-electron chi connectivity index (χ2n) is 6.32. The van der Waals surface area contributed by atoms with E-state index in [1.54, 1.807) is 36.4 Å². The van der Waals surface area contributed by atoms with Crippen LogP contribution in [0.5, 0.6) is 11.5 Å². The van der Waals surface area contributed by atoms with Crippen LogP contribution in [0.4, 0.5) is 16.2 Å². The molecule has 1 aliphatic heterocycles. The molecule has 3 rings (SSSR count). The van der Waals surface area contributed by atoms with E-state index in [-0.39, 0.29) is 11.9 Å². The van der Waals surface area contributed by atoms with Crippen molar-refractivity contribution in [3.05, 3.63) is 47.5 Å². The molecule has 7 nitrogen and oxygen atoms in total. The molecule has 2 aromatic rings. The molecule has 0 unspecified atom stereocenters. The number of rotatable bonds is 5. The minimum absolute atomic E-state index is 0.284. The van der Waals surface area contributed by atoms with Crippen LogP contribution in [0.2, 0.25) is 5.02 Å². The summed E-state index contributed by atoms with van der Waals surface area (Å²) in [5, 5.41) is 6.12. The monoisotopic (exact) mass is 403 g/mol. The summed E-state index contributed by atoms with van der Waals surface area (Å²) in [5.74, 6) is 0.772. The standard InChI is InChI=1S/C20H22ClN3O4/c1-27-17-8-4-3-6-14(17)23-20(26)24-11-5-7-16(24)19(25)22-15-12-13(21)9-10-18(15)28-2/h3-4,6,8-10,12,16H,5,7,11H2,1-2H3,(H,22,25)(H,23,26)/t16-/m0/s1. The lowest BCUT2D eigenvalue weighted by Gasteiger charge is -2.25. The fourth-order valence-electron chi connectivity index (χ4n) is 3.21. The Hall–Kier alpha value is -2.93. The van der Waals surface area contributed by atoms with Crippen molar-refractivity contribution in [1.29, 1.82) is 0 Å². The molecule has 1 fully saturated rings. The van der Waals surface area contributed by atoms with Crippen molar-refractivity contribution in [2.24, 2.45) is 0 Å². The molecule has 148 valence electrons. The first-order chi connectivity index (χ1) is 13.5. The van der Waals surface area contributed by atoms with E-state index in [9.17, 15) is 9.59 Å². The molecule has 2 N–H and O–H groups in total. The van der Waals surface area contributed by atoms with Crippen LogP contribution in [0.1, 0.15) is 12.8 Å². The maximum atomic E-state index is 12.8. The van der Waals surface area contributed by atoms with Crippen molar-refractivity contribution < 1.29 is 19.1 Å². The number of amides is 3. The van der Waals surface area contributed by atoms with Gasteiger partial charge in [0.2, 0.25) is 5.91 Å². The molecular weight excluding hydrogens is 382 g/mol. The Morgan fingerprint density at radius 2 is 1.75 bits per heavy atom. The zero-order valence-electron chi connectivity index (χ0n) is 15.7. The average Bonchev–Trinajstić information content (AvgIpc) is 3.19. The van der Waals surface area contributed by atoms with Gasteiger partial charge in [-0.3, -0.25) is 4.79 Å². The molecule has 0 aromatic heterocycles. The van der Waals surface area contributed by atoms with Crippen LogP contribution >= 0.6 is 11.6 Å². The Kier molecular flexibility index (Phi) is 6.26. The van der Waals surface area contributed by atoms with Crippen molar-refractivity contribution >= 4 is 34.9 Å². The second-order valence-corrected chi connectivity index (χ2v) is 6.75. The highest BCUT2D eigenvalue weighted by Crippen LogP contribution is 2.29. The highest BCUT2D eigenvalue weighted by atomic mass is 35.5. The highest BCUT2D eigenvalue weighted by molar-refractivity contribution is 6.31. The highest BCUT2D eigenvalue weighted by Gasteiger charge is 2.34. The maximum Gasteiger partial charge on any atom is 0.322 e. The molecular formula is C20H22ClN3O4. The first-order valence-corrected chi connectivity index (χ1v) is 9.26. The van der Waals surface area contributed by atoms with E-state index in [1.165, 1.54) is 19.1 Å². The predicted molar refractivity (Wildman–Crippen MR) is 108 cm³/mol. The Labute approximate surface area is 168 Å². The molecule has 8 heteroatoms. The van der Waals surface area contributed by atoms with E-state index in [0.29, 0.717) is 40.9 Å². The van der Waals surface area contributed by atoms with Crippen LogP contribution in [0.15, 0.2) is 42.5 Å². The summed E-state index contributed by atoms with van der Waals surface area (Å²) in [5.41, 5.74) is 1.02. The summed E-state index contributed by atoms with van der Waals surface area (Å²) in [6.07, 6.45) is 1.32. The zero-order valence-corrected chi connectivity index (χ0v) is 16.5. The van der Waals surface area contributed by atoms with Gasteiger partial charge in [0, 0.05) is 11.6 Å². The Bertz CT molecular complexity index is 874. The number of benzene rings is 2. The van der Waals surface area contributed by atoms with Gasteiger partial charge in [0.05, 0.1) is 25.6 Å². The first-order valence-electron chi connectivity index (χ1n) is 8.88. The molecule has 0 spiro atoms. The molecule has 0 saturated carbocycles. The van der Waals surface area contributed by atoms with Crippen LogP contribution in [0.25, 0.3) is 0 Å². The molecule has 0 bridgehead atoms. The van der Waals surface area contributed by atoms with Crippen LogP contribution in [-0.4, -0.2) is 43.6 Å². The van der Waals surface area contributed by atoms with Gasteiger partial charge < -0.3 is 25.0 Å². The van der Waals surface area contributed by atoms with E-state index in [4.69, 9.17) is 21.1 Å². The Morgan fingerprint density at radius 3 is 2.50 bits per heavy atom. The number of carbonyl (C=O) groups excluding carboxylic acids is 2. The van der Waals surface area contributed by atoms with Crippen molar-refractivity contribution in [3.8, 4) is 11.5 Å². The number of para-hydroxylation sites is 2. The lowest BCUT2D eigenvalue weighted by atomic mass is 10.2. The zero-order chi connectivity index (χ0) is 20.1. The number of halogens is 1. The summed E-state index contributed by atoms with van der Waals surface area (Å²) in [6, 6.07) is 11.2. The van der Waals surface area contributed by atoms with E-state index in [2.05, 4.69) is 10.6 Å². The number of nitrogens with one attached hydrogen (secondary N) is 2. The number of hydrogen-bond acceptors (Lipinski definition) is 4. The number of urea groups is 1. The van der Waals surface area contributed by atoms with Crippen molar-refractivity contribution in [1.82, 2.24) is 4.90 Å². The third kappa shape index (κ3) is 4.31. The lowest BCUT2D eigenvalue weighted by molar-refractivity contribution is -0.119. The van der Waals surface area contributed by atoms with Gasteiger partial charge >= 0.3 is 6.03 Å². The third-order valence-electron chi connectivity index (χ3n) is 4.58. The van der Waals surface area contributed by atoms with Gasteiger partial charge in [-0.05, 0) is 43.2 Å². The number of methoxy groups -OCH3 is 2. The third-order valence-corrected chi connectivity index (χ3v) is 4.82. The number of anilines is 2. The van der Waals surface area contributed by atoms with Gasteiger partial charge in [0.25, 0.3) is 0 Å². The van der Waals surface area contributed by atoms with Gasteiger partial charge in [0.1, 0.15) is 17.5 Å². The number of ether oxygens (including phenoxy) is 2. The number of nitrogens with zero attached hydrogens (tertiary/aromatic N) is 1. The van der Waals surface area contributed by atoms with E-state index < -0.39 is 6.04 Å². The van der Waals surface area contributed by atoms with Crippen LogP contribution in [0.3, 0.4) is 0 Å². The molecule has 28 heavy (non-hydrogen) atoms. The summed E-state index contributed by atoms with van der Waals surface area (Å²) in [7, 11) is 3.05. The van der Waals surface area contributed by atoms with E-state index >= 15 is 0 Å². The van der Waals surface area contributed by atoms with Gasteiger partial charge in [0.15, 0.2) is 0 Å². The Morgan fingerprint density at radius 1 is 1.04 bits per heavy atom. The topological polar surface area (TPSA) is 79.9 Å². The SMILES string of the molecule is COc1ccc(Cl)cc1NC(=O)[C@@H]1CCCN1C(=O)Nc1ccccc1OC. The largest absolute Gasteiger partial charge is 0.495 e. The Balaban J connectivity index is 1.72. The molecule has 0 radical (unpaired) electrons. The fourth-order valence-corrected chi connectivity index (χ4v) is 3.38. The van der Waals surface area contributed by atoms with Gasteiger partial charge in [-0.25, -0.2) is 4.79 Å². The molecule has 1 atom stereocenters. The summed E-state index contributed by atoms with van der Waals surface area (Å²) < 4.78 is 10.5. The number of likely N-dealkylation sites (tertiary alicyclic amines) is 1. The summed E-state index contributed by atoms with van der Waals surface area (Å²) >= 11 is 6.02. The van der Waals surface area contributed by atoms with E-state index in [0.717, 1.165) is 6.42 Å². The van der Waals surface area contributed by atoms with Crippen LogP contribution < -0.4 is 20.1 Å². The molecule has 0 aliphatic carbocycles. The van der Waals surface area contributed by atoms with Crippen molar-refractivity contribution in [2.45, 2.75) is 18.9 Å². The summed E-state index contributed by atoms with van der Waals surface area (Å²) in [4.78, 5) is 27.1. The molecule has 1 saturated heterocycles. The van der Waals surface area contributed by atoms with Crippen molar-refractivity contribution in [3.63, 3.8) is 0 Å². The predicted octanol–water partition coefficient (Wildman–Crippen LogP) is 3.99. The minimum Gasteiger partial charge on any atom is -0.495 e. The first kappa shape index (κ1) is 19.8. The fraction of sp³-hybridized carbons (Fsp3) is 0.300. The lowest BCUT2D eigenvalue weighted by Crippen LogP contribution is -2.45. The molecule has 1 heterocycles. The van der Waals surface area contributed by atoms with E-state index in [1.807, 2.05) is 6.07 Å². The minimum atomic E-state index is -0.585. The number of hydrogen-bond donors (Lipinski definition) is 2. The smallest absolute Gasteiger partial charge is 0.322 e. The second kappa shape index (κ2) is 8.84. The maximum absolute atomic E-state index is 12.8. The summed E-state index contributed by atoms with van der Waals surface area (Å²) in [6.45, 7) is 0.492. The molecule has 1 aliphatic rings.